The standard InChI is InChI=1S/C17H14Cl3N5O3/c1-3-28-17(27)13-14(20)25-11(5-4-10(21-2)15(25)23-13)16(26)24-12-8(18)6-22-7-9(12)19/h4-7,21H,3H2,1-2H3,(H,22,24,26). The predicted molar refractivity (Wildman–Crippen MR) is 108 cm³/mol. The van der Waals surface area contributed by atoms with Gasteiger partial charge in [0, 0.05) is 19.4 Å². The van der Waals surface area contributed by atoms with Crippen LogP contribution in [-0.4, -0.2) is 39.9 Å². The number of hydrogen-bond donors (Lipinski definition) is 2. The van der Waals surface area contributed by atoms with E-state index in [4.69, 9.17) is 39.5 Å². The van der Waals surface area contributed by atoms with E-state index in [1.54, 1.807) is 20.0 Å². The van der Waals surface area contributed by atoms with Gasteiger partial charge in [-0.3, -0.25) is 14.2 Å². The molecule has 0 saturated heterocycles. The number of hydrogen-bond acceptors (Lipinski definition) is 6. The number of esters is 1. The Labute approximate surface area is 174 Å². The van der Waals surface area contributed by atoms with Gasteiger partial charge in [-0.1, -0.05) is 34.8 Å². The van der Waals surface area contributed by atoms with Gasteiger partial charge in [0.25, 0.3) is 5.91 Å². The second kappa shape index (κ2) is 8.22. The number of anilines is 2. The fourth-order valence-corrected chi connectivity index (χ4v) is 3.27. The SMILES string of the molecule is CCOC(=O)c1nc2c(NC)ccc(C(=O)Nc3c(Cl)cncc3Cl)n2c1Cl. The third-order valence-corrected chi connectivity index (χ3v) is 4.69. The van der Waals surface area contributed by atoms with Crippen LogP contribution in [0.5, 0.6) is 0 Å². The molecular weight excluding hydrogens is 429 g/mol. The number of carbonyl (C=O) groups is 2. The molecule has 0 aliphatic carbocycles. The minimum Gasteiger partial charge on any atom is -0.461 e. The van der Waals surface area contributed by atoms with Gasteiger partial charge in [-0.2, -0.15) is 0 Å². The summed E-state index contributed by atoms with van der Waals surface area (Å²) in [5.74, 6) is -1.25. The highest BCUT2D eigenvalue weighted by molar-refractivity contribution is 6.39. The van der Waals surface area contributed by atoms with Crippen molar-refractivity contribution in [2.75, 3.05) is 24.3 Å². The fraction of sp³-hybridized carbons (Fsp3) is 0.176. The van der Waals surface area contributed by atoms with Crippen LogP contribution in [0, 0.1) is 0 Å². The average molecular weight is 443 g/mol. The largest absolute Gasteiger partial charge is 0.461 e. The zero-order chi connectivity index (χ0) is 20.4. The lowest BCUT2D eigenvalue weighted by Crippen LogP contribution is -2.17. The molecule has 1 amide bonds. The molecule has 0 bridgehead atoms. The number of rotatable bonds is 5. The summed E-state index contributed by atoms with van der Waals surface area (Å²) in [5, 5.41) is 5.86. The van der Waals surface area contributed by atoms with Crippen LogP contribution in [-0.2, 0) is 4.74 Å². The molecule has 0 aliphatic heterocycles. The molecule has 3 heterocycles. The summed E-state index contributed by atoms with van der Waals surface area (Å²) < 4.78 is 6.32. The van der Waals surface area contributed by atoms with Gasteiger partial charge < -0.3 is 15.4 Å². The Bertz CT molecular complexity index is 1060. The maximum atomic E-state index is 12.9. The average Bonchev–Trinajstić information content (AvgIpc) is 3.02. The lowest BCUT2D eigenvalue weighted by atomic mass is 10.3. The molecule has 0 atom stereocenters. The van der Waals surface area contributed by atoms with Crippen LogP contribution >= 0.6 is 34.8 Å². The first-order valence-corrected chi connectivity index (χ1v) is 9.18. The quantitative estimate of drug-likeness (QED) is 0.576. The second-order valence-corrected chi connectivity index (χ2v) is 6.62. The number of aromatic nitrogens is 3. The van der Waals surface area contributed by atoms with E-state index >= 15 is 0 Å². The number of nitrogens with zero attached hydrogens (tertiary/aromatic N) is 3. The maximum Gasteiger partial charge on any atom is 0.360 e. The van der Waals surface area contributed by atoms with Gasteiger partial charge in [-0.15, -0.1) is 0 Å². The minimum atomic E-state index is -0.690. The van der Waals surface area contributed by atoms with Crippen molar-refractivity contribution in [1.29, 1.82) is 0 Å². The minimum absolute atomic E-state index is 0.0531. The Morgan fingerprint density at radius 3 is 2.46 bits per heavy atom. The molecule has 3 aromatic rings. The van der Waals surface area contributed by atoms with E-state index in [-0.39, 0.29) is 44.5 Å². The van der Waals surface area contributed by atoms with Crippen LogP contribution in [0.15, 0.2) is 24.5 Å². The molecule has 11 heteroatoms. The molecule has 0 fully saturated rings. The monoisotopic (exact) mass is 441 g/mol. The van der Waals surface area contributed by atoms with Gasteiger partial charge in [0.15, 0.2) is 11.3 Å². The molecule has 0 aromatic carbocycles. The Kier molecular flexibility index (Phi) is 5.93. The molecule has 3 aromatic heterocycles. The molecule has 0 radical (unpaired) electrons. The van der Waals surface area contributed by atoms with E-state index in [0.717, 1.165) is 0 Å². The Balaban J connectivity index is 2.13. The Morgan fingerprint density at radius 1 is 1.18 bits per heavy atom. The van der Waals surface area contributed by atoms with Crippen LogP contribution < -0.4 is 10.6 Å². The van der Waals surface area contributed by atoms with E-state index in [2.05, 4.69) is 20.6 Å². The first-order chi connectivity index (χ1) is 13.4. The molecule has 3 rings (SSSR count). The van der Waals surface area contributed by atoms with Crippen molar-refractivity contribution in [3.8, 4) is 0 Å². The van der Waals surface area contributed by atoms with Crippen LogP contribution in [0.2, 0.25) is 15.2 Å². The highest BCUT2D eigenvalue weighted by Gasteiger charge is 2.24. The van der Waals surface area contributed by atoms with E-state index in [1.807, 2.05) is 0 Å². The predicted octanol–water partition coefficient (Wildman–Crippen LogP) is 4.16. The highest BCUT2D eigenvalue weighted by Crippen LogP contribution is 2.31. The zero-order valence-electron chi connectivity index (χ0n) is 14.7. The summed E-state index contributed by atoms with van der Waals surface area (Å²) in [4.78, 5) is 33.1. The number of carbonyl (C=O) groups excluding carboxylic acids is 2. The lowest BCUT2D eigenvalue weighted by Gasteiger charge is -2.12. The summed E-state index contributed by atoms with van der Waals surface area (Å²) in [6, 6.07) is 3.16. The summed E-state index contributed by atoms with van der Waals surface area (Å²) in [7, 11) is 1.68. The van der Waals surface area contributed by atoms with Gasteiger partial charge in [0.2, 0.25) is 0 Å². The maximum absolute atomic E-state index is 12.9. The molecule has 146 valence electrons. The van der Waals surface area contributed by atoms with Crippen molar-refractivity contribution in [2.24, 2.45) is 0 Å². The molecule has 0 saturated carbocycles. The summed E-state index contributed by atoms with van der Waals surface area (Å²) >= 11 is 18.5. The van der Waals surface area contributed by atoms with E-state index in [1.165, 1.54) is 22.9 Å². The number of fused-ring (bicyclic) bond motifs is 1. The van der Waals surface area contributed by atoms with E-state index < -0.39 is 11.9 Å². The first-order valence-electron chi connectivity index (χ1n) is 8.05. The van der Waals surface area contributed by atoms with Crippen LogP contribution in [0.25, 0.3) is 5.65 Å². The molecule has 8 nitrogen and oxygen atoms in total. The van der Waals surface area contributed by atoms with Crippen LogP contribution in [0.3, 0.4) is 0 Å². The third kappa shape index (κ3) is 3.58. The molecule has 0 unspecified atom stereocenters. The number of ether oxygens (including phenoxy) is 1. The topological polar surface area (TPSA) is 97.6 Å². The smallest absolute Gasteiger partial charge is 0.360 e. The lowest BCUT2D eigenvalue weighted by molar-refractivity contribution is 0.0520. The van der Waals surface area contributed by atoms with Gasteiger partial charge in [-0.25, -0.2) is 9.78 Å². The summed E-state index contributed by atoms with van der Waals surface area (Å²) in [5.41, 5.74) is 1.08. The Hall–Kier alpha value is -2.55. The van der Waals surface area contributed by atoms with Crippen LogP contribution in [0.4, 0.5) is 11.4 Å². The first kappa shape index (κ1) is 20.2. The number of halogens is 3. The van der Waals surface area contributed by atoms with E-state index in [9.17, 15) is 9.59 Å². The highest BCUT2D eigenvalue weighted by atomic mass is 35.5. The Morgan fingerprint density at radius 2 is 1.86 bits per heavy atom. The fourth-order valence-electron chi connectivity index (χ4n) is 2.52. The zero-order valence-corrected chi connectivity index (χ0v) is 17.0. The van der Waals surface area contributed by atoms with E-state index in [0.29, 0.717) is 5.69 Å². The molecule has 28 heavy (non-hydrogen) atoms. The second-order valence-electron chi connectivity index (χ2n) is 5.45. The molecular formula is C17H14Cl3N5O3. The van der Waals surface area contributed by atoms with Gasteiger partial charge >= 0.3 is 5.97 Å². The number of amides is 1. The van der Waals surface area contributed by atoms with Crippen LogP contribution in [0.1, 0.15) is 27.9 Å². The van der Waals surface area contributed by atoms with Crippen molar-refractivity contribution in [1.82, 2.24) is 14.4 Å². The number of pyridine rings is 2. The number of imidazole rings is 1. The van der Waals surface area contributed by atoms with Gasteiger partial charge in [0.1, 0.15) is 10.8 Å². The van der Waals surface area contributed by atoms with Crippen molar-refractivity contribution >= 4 is 63.7 Å². The molecule has 0 aliphatic rings. The van der Waals surface area contributed by atoms with Gasteiger partial charge in [-0.05, 0) is 19.1 Å². The van der Waals surface area contributed by atoms with Crippen molar-refractivity contribution in [3.05, 3.63) is 51.1 Å². The number of nitrogens with one attached hydrogen (secondary N) is 2. The third-order valence-electron chi connectivity index (χ3n) is 3.77. The molecule has 2 N–H and O–H groups in total. The summed E-state index contributed by atoms with van der Waals surface area (Å²) in [6.07, 6.45) is 2.71. The molecule has 0 spiro atoms. The van der Waals surface area contributed by atoms with Crippen molar-refractivity contribution in [3.63, 3.8) is 0 Å². The summed E-state index contributed by atoms with van der Waals surface area (Å²) in [6.45, 7) is 1.83. The van der Waals surface area contributed by atoms with Crippen molar-refractivity contribution in [2.45, 2.75) is 6.92 Å². The normalized spacial score (nSPS) is 10.8. The van der Waals surface area contributed by atoms with Gasteiger partial charge in [0.05, 0.1) is 28.0 Å². The van der Waals surface area contributed by atoms with Crippen molar-refractivity contribution < 1.29 is 14.3 Å².